The van der Waals surface area contributed by atoms with Gasteiger partial charge in [0.25, 0.3) is 5.69 Å². The molecule has 0 radical (unpaired) electrons. The fourth-order valence-corrected chi connectivity index (χ4v) is 4.44. The van der Waals surface area contributed by atoms with Crippen LogP contribution in [0.2, 0.25) is 5.02 Å². The van der Waals surface area contributed by atoms with Crippen LogP contribution < -0.4 is 15.4 Å². The Bertz CT molecular complexity index is 1430. The maximum atomic E-state index is 12.6. The molecule has 1 amide bonds. The lowest BCUT2D eigenvalue weighted by Crippen LogP contribution is -2.15. The number of hydrogen-bond acceptors (Lipinski definition) is 8. The highest BCUT2D eigenvalue weighted by atomic mass is 35.5. The van der Waals surface area contributed by atoms with Gasteiger partial charge in [0.1, 0.15) is 5.75 Å². The summed E-state index contributed by atoms with van der Waals surface area (Å²) >= 11 is 7.42. The standard InChI is InChI=1S/C25H23ClN6O4S/c1-16-6-7-19(13-22(16)32(34)35)28-24(33)15-37-25-30-29-23(31(25)20-5-3-4-17(26)12-20)14-27-18-8-10-21(36-2)11-9-18/h3-13,27H,14-15H2,1-2H3,(H,28,33). The van der Waals surface area contributed by atoms with E-state index in [-0.39, 0.29) is 17.3 Å². The quantitative estimate of drug-likeness (QED) is 0.154. The van der Waals surface area contributed by atoms with Crippen LogP contribution in [0.1, 0.15) is 11.4 Å². The lowest BCUT2D eigenvalue weighted by molar-refractivity contribution is -0.385. The van der Waals surface area contributed by atoms with Gasteiger partial charge in [0.05, 0.1) is 30.0 Å². The zero-order valence-electron chi connectivity index (χ0n) is 20.0. The summed E-state index contributed by atoms with van der Waals surface area (Å²) in [6.45, 7) is 2.01. The Morgan fingerprint density at radius 3 is 2.57 bits per heavy atom. The van der Waals surface area contributed by atoms with Gasteiger partial charge < -0.3 is 15.4 Å². The molecule has 10 nitrogen and oxygen atoms in total. The van der Waals surface area contributed by atoms with Gasteiger partial charge >= 0.3 is 0 Å². The summed E-state index contributed by atoms with van der Waals surface area (Å²) < 4.78 is 7.03. The van der Waals surface area contributed by atoms with Crippen molar-refractivity contribution in [3.05, 3.63) is 93.3 Å². The maximum Gasteiger partial charge on any atom is 0.274 e. The van der Waals surface area contributed by atoms with Crippen LogP contribution in [0.15, 0.2) is 71.9 Å². The second-order valence-corrected chi connectivity index (χ2v) is 9.27. The number of ether oxygens (including phenoxy) is 1. The zero-order chi connectivity index (χ0) is 26.4. The van der Waals surface area contributed by atoms with Gasteiger partial charge in [-0.15, -0.1) is 10.2 Å². The van der Waals surface area contributed by atoms with Crippen molar-refractivity contribution in [2.75, 3.05) is 23.5 Å². The number of methoxy groups -OCH3 is 1. The summed E-state index contributed by atoms with van der Waals surface area (Å²) in [4.78, 5) is 23.3. The monoisotopic (exact) mass is 538 g/mol. The van der Waals surface area contributed by atoms with E-state index >= 15 is 0 Å². The number of nitro groups is 1. The highest BCUT2D eigenvalue weighted by Crippen LogP contribution is 2.26. The highest BCUT2D eigenvalue weighted by Gasteiger charge is 2.17. The molecule has 1 aromatic heterocycles. The van der Waals surface area contributed by atoms with Crippen LogP contribution in [0.25, 0.3) is 5.69 Å². The smallest absolute Gasteiger partial charge is 0.274 e. The Labute approximate surface area is 222 Å². The summed E-state index contributed by atoms with van der Waals surface area (Å²) in [7, 11) is 1.61. The van der Waals surface area contributed by atoms with E-state index in [1.165, 1.54) is 17.8 Å². The van der Waals surface area contributed by atoms with Crippen molar-refractivity contribution in [1.82, 2.24) is 14.8 Å². The van der Waals surface area contributed by atoms with E-state index in [1.54, 1.807) is 38.3 Å². The van der Waals surface area contributed by atoms with Crippen molar-refractivity contribution in [2.45, 2.75) is 18.6 Å². The largest absolute Gasteiger partial charge is 0.497 e. The van der Waals surface area contributed by atoms with Crippen LogP contribution in [0.3, 0.4) is 0 Å². The third-order valence-electron chi connectivity index (χ3n) is 5.33. The fraction of sp³-hybridized carbons (Fsp3) is 0.160. The molecule has 190 valence electrons. The lowest BCUT2D eigenvalue weighted by Gasteiger charge is -2.12. The number of thioether (sulfide) groups is 1. The molecule has 0 aliphatic rings. The van der Waals surface area contributed by atoms with Gasteiger partial charge in [0.2, 0.25) is 5.91 Å². The molecule has 37 heavy (non-hydrogen) atoms. The molecular weight excluding hydrogens is 516 g/mol. The van der Waals surface area contributed by atoms with E-state index in [2.05, 4.69) is 20.8 Å². The second-order valence-electron chi connectivity index (χ2n) is 7.89. The van der Waals surface area contributed by atoms with Crippen LogP contribution >= 0.6 is 23.4 Å². The van der Waals surface area contributed by atoms with Gasteiger partial charge in [-0.2, -0.15) is 0 Å². The average Bonchev–Trinajstić information content (AvgIpc) is 3.30. The third-order valence-corrected chi connectivity index (χ3v) is 6.49. The normalized spacial score (nSPS) is 10.7. The van der Waals surface area contributed by atoms with Crippen LogP contribution in [-0.2, 0) is 11.3 Å². The number of carbonyl (C=O) groups excluding carboxylic acids is 1. The van der Waals surface area contributed by atoms with E-state index < -0.39 is 4.92 Å². The zero-order valence-corrected chi connectivity index (χ0v) is 21.5. The van der Waals surface area contributed by atoms with Gasteiger partial charge in [0, 0.05) is 28.0 Å². The number of hydrogen-bond donors (Lipinski definition) is 2. The number of halogens is 1. The third kappa shape index (κ3) is 6.57. The first kappa shape index (κ1) is 26.0. The molecule has 0 fully saturated rings. The Kier molecular flexibility index (Phi) is 8.26. The maximum absolute atomic E-state index is 12.6. The van der Waals surface area contributed by atoms with Crippen LogP contribution in [0, 0.1) is 17.0 Å². The lowest BCUT2D eigenvalue weighted by atomic mass is 10.2. The molecule has 4 rings (SSSR count). The van der Waals surface area contributed by atoms with Gasteiger partial charge in [-0.25, -0.2) is 0 Å². The Balaban J connectivity index is 1.50. The number of anilines is 2. The minimum absolute atomic E-state index is 0.0201. The number of benzene rings is 3. The second kappa shape index (κ2) is 11.8. The first-order valence-corrected chi connectivity index (χ1v) is 12.5. The molecule has 3 aromatic carbocycles. The number of aryl methyl sites for hydroxylation is 1. The molecule has 0 bridgehead atoms. The number of nitrogens with zero attached hydrogens (tertiary/aromatic N) is 4. The first-order valence-electron chi connectivity index (χ1n) is 11.1. The molecule has 0 spiro atoms. The SMILES string of the molecule is COc1ccc(NCc2nnc(SCC(=O)Nc3ccc(C)c([N+](=O)[O-])c3)n2-c2cccc(Cl)c2)cc1. The summed E-state index contributed by atoms with van der Waals surface area (Å²) in [5, 5.41) is 26.9. The molecule has 4 aromatic rings. The highest BCUT2D eigenvalue weighted by molar-refractivity contribution is 7.99. The van der Waals surface area contributed by atoms with Gasteiger partial charge in [-0.1, -0.05) is 35.5 Å². The van der Waals surface area contributed by atoms with E-state index in [0.717, 1.165) is 17.1 Å². The summed E-state index contributed by atoms with van der Waals surface area (Å²) in [5.41, 5.74) is 2.44. The molecule has 0 saturated carbocycles. The fourth-order valence-electron chi connectivity index (χ4n) is 3.48. The van der Waals surface area contributed by atoms with Crippen molar-refractivity contribution >= 4 is 46.3 Å². The van der Waals surface area contributed by atoms with Crippen molar-refractivity contribution in [2.24, 2.45) is 0 Å². The van der Waals surface area contributed by atoms with E-state index in [9.17, 15) is 14.9 Å². The number of aromatic nitrogens is 3. The molecule has 0 unspecified atom stereocenters. The molecule has 0 saturated heterocycles. The summed E-state index contributed by atoms with van der Waals surface area (Å²) in [5.74, 6) is 1.06. The molecular formula is C25H23ClN6O4S. The molecule has 2 N–H and O–H groups in total. The minimum Gasteiger partial charge on any atom is -0.497 e. The summed E-state index contributed by atoms with van der Waals surface area (Å²) in [6, 6.07) is 19.3. The predicted octanol–water partition coefficient (Wildman–Crippen LogP) is 5.49. The van der Waals surface area contributed by atoms with Crippen molar-refractivity contribution < 1.29 is 14.5 Å². The Hall–Kier alpha value is -4.09. The van der Waals surface area contributed by atoms with Crippen LogP contribution in [0.5, 0.6) is 5.75 Å². The minimum atomic E-state index is -0.477. The Morgan fingerprint density at radius 1 is 1.11 bits per heavy atom. The Morgan fingerprint density at radius 2 is 1.86 bits per heavy atom. The van der Waals surface area contributed by atoms with Gasteiger partial charge in [0.15, 0.2) is 11.0 Å². The number of nitrogens with one attached hydrogen (secondary N) is 2. The van der Waals surface area contributed by atoms with Crippen molar-refractivity contribution in [3.63, 3.8) is 0 Å². The molecule has 0 atom stereocenters. The first-order chi connectivity index (χ1) is 17.8. The number of carbonyl (C=O) groups is 1. The summed E-state index contributed by atoms with van der Waals surface area (Å²) in [6.07, 6.45) is 0. The van der Waals surface area contributed by atoms with Gasteiger partial charge in [-0.05, 0) is 55.5 Å². The topological polar surface area (TPSA) is 124 Å². The number of nitro benzene ring substituents is 1. The average molecular weight is 539 g/mol. The molecule has 0 aliphatic heterocycles. The van der Waals surface area contributed by atoms with E-state index in [0.29, 0.717) is 33.8 Å². The molecule has 12 heteroatoms. The van der Waals surface area contributed by atoms with E-state index in [4.69, 9.17) is 16.3 Å². The number of rotatable bonds is 10. The number of amides is 1. The van der Waals surface area contributed by atoms with Crippen LogP contribution in [-0.4, -0.2) is 38.5 Å². The molecule has 0 aliphatic carbocycles. The van der Waals surface area contributed by atoms with Gasteiger partial charge in [-0.3, -0.25) is 19.5 Å². The van der Waals surface area contributed by atoms with Crippen molar-refractivity contribution in [1.29, 1.82) is 0 Å². The van der Waals surface area contributed by atoms with Crippen molar-refractivity contribution in [3.8, 4) is 11.4 Å². The van der Waals surface area contributed by atoms with E-state index in [1.807, 2.05) is 41.0 Å². The predicted molar refractivity (Wildman–Crippen MR) is 144 cm³/mol. The molecule has 1 heterocycles. The van der Waals surface area contributed by atoms with Crippen LogP contribution in [0.4, 0.5) is 17.1 Å².